The van der Waals surface area contributed by atoms with Crippen LogP contribution in [-0.2, 0) is 16.1 Å². The van der Waals surface area contributed by atoms with E-state index in [4.69, 9.17) is 14.2 Å². The first-order valence-corrected chi connectivity index (χ1v) is 12.2. The minimum Gasteiger partial charge on any atom is -0.497 e. The molecule has 0 aliphatic heterocycles. The molecular weight excluding hydrogens is 488 g/mol. The van der Waals surface area contributed by atoms with Crippen molar-refractivity contribution in [3.8, 4) is 22.6 Å². The van der Waals surface area contributed by atoms with E-state index >= 15 is 0 Å². The Morgan fingerprint density at radius 2 is 1.54 bits per heavy atom. The average molecular weight is 517 g/mol. The van der Waals surface area contributed by atoms with Gasteiger partial charge < -0.3 is 14.2 Å². The second-order valence-corrected chi connectivity index (χ2v) is 9.02. The summed E-state index contributed by atoms with van der Waals surface area (Å²) in [4.78, 5) is 12.7. The van der Waals surface area contributed by atoms with Crippen molar-refractivity contribution < 1.29 is 36.6 Å². The van der Waals surface area contributed by atoms with Crippen LogP contribution in [0.3, 0.4) is 0 Å². The number of hydrogen-bond acceptors (Lipinski definition) is 4. The van der Waals surface area contributed by atoms with Gasteiger partial charge >= 0.3 is 5.97 Å². The molecule has 4 rings (SSSR count). The van der Waals surface area contributed by atoms with Crippen LogP contribution in [0.15, 0.2) is 48.5 Å². The number of rotatable bonds is 8. The van der Waals surface area contributed by atoms with Crippen LogP contribution in [0.5, 0.6) is 11.5 Å². The van der Waals surface area contributed by atoms with Gasteiger partial charge in [0.2, 0.25) is 5.82 Å². The van der Waals surface area contributed by atoms with Crippen molar-refractivity contribution in [3.05, 3.63) is 82.9 Å². The molecule has 1 saturated carbocycles. The molecule has 4 nitrogen and oxygen atoms in total. The van der Waals surface area contributed by atoms with Crippen LogP contribution in [0, 0.1) is 29.2 Å². The Morgan fingerprint density at radius 1 is 0.838 bits per heavy atom. The predicted octanol–water partition coefficient (Wildman–Crippen LogP) is 7.33. The van der Waals surface area contributed by atoms with Crippen molar-refractivity contribution >= 4 is 5.97 Å². The molecule has 3 aromatic rings. The van der Waals surface area contributed by atoms with Gasteiger partial charge in [-0.05, 0) is 73.9 Å². The van der Waals surface area contributed by atoms with Gasteiger partial charge in [-0.3, -0.25) is 4.79 Å². The summed E-state index contributed by atoms with van der Waals surface area (Å²) < 4.78 is 74.1. The third-order valence-corrected chi connectivity index (χ3v) is 6.81. The Balaban J connectivity index is 1.39. The van der Waals surface area contributed by atoms with Crippen molar-refractivity contribution in [2.45, 2.75) is 45.1 Å². The molecule has 0 N–H and O–H groups in total. The van der Waals surface area contributed by atoms with Crippen LogP contribution >= 0.6 is 0 Å². The SMILES string of the molecule is CCOCc1ccc(C2CCC(C(=O)Oc3ccc(-c4ccc(OC)cc4)c(F)c3F)CC2)c(F)c1F. The van der Waals surface area contributed by atoms with Gasteiger partial charge in [0, 0.05) is 17.7 Å². The highest BCUT2D eigenvalue weighted by Crippen LogP contribution is 2.39. The quantitative estimate of drug-likeness (QED) is 0.179. The number of carbonyl (C=O) groups excluding carboxylic acids is 1. The first-order valence-electron chi connectivity index (χ1n) is 12.2. The number of hydrogen-bond donors (Lipinski definition) is 0. The molecule has 1 aliphatic rings. The number of methoxy groups -OCH3 is 1. The number of esters is 1. The van der Waals surface area contributed by atoms with Crippen molar-refractivity contribution in [1.29, 1.82) is 0 Å². The lowest BCUT2D eigenvalue weighted by Crippen LogP contribution is -2.26. The zero-order valence-corrected chi connectivity index (χ0v) is 20.7. The second-order valence-electron chi connectivity index (χ2n) is 9.02. The monoisotopic (exact) mass is 516 g/mol. The average Bonchev–Trinajstić information content (AvgIpc) is 2.92. The van der Waals surface area contributed by atoms with Gasteiger partial charge in [-0.25, -0.2) is 13.2 Å². The van der Waals surface area contributed by atoms with Crippen molar-refractivity contribution in [2.75, 3.05) is 13.7 Å². The molecule has 196 valence electrons. The molecule has 0 amide bonds. The summed E-state index contributed by atoms with van der Waals surface area (Å²) in [6.07, 6.45) is 1.60. The van der Waals surface area contributed by atoms with E-state index in [-0.39, 0.29) is 29.2 Å². The molecule has 0 heterocycles. The van der Waals surface area contributed by atoms with E-state index in [1.54, 1.807) is 37.3 Å². The second kappa shape index (κ2) is 11.8. The standard InChI is InChI=1S/C29H28F4O4/c1-3-36-16-20-10-13-22(26(31)25(20)30)17-4-6-19(7-5-17)29(34)37-24-15-14-23(27(32)28(24)33)18-8-11-21(35-2)12-9-18/h8-15,17,19H,3-7,16H2,1-2H3. The Bertz CT molecular complexity index is 1250. The summed E-state index contributed by atoms with van der Waals surface area (Å²) >= 11 is 0. The van der Waals surface area contributed by atoms with E-state index in [1.807, 2.05) is 0 Å². The molecule has 0 saturated heterocycles. The van der Waals surface area contributed by atoms with E-state index in [2.05, 4.69) is 0 Å². The zero-order chi connectivity index (χ0) is 26.5. The first kappa shape index (κ1) is 26.7. The minimum atomic E-state index is -1.25. The molecule has 0 radical (unpaired) electrons. The molecule has 0 spiro atoms. The van der Waals surface area contributed by atoms with Gasteiger partial charge in [0.05, 0.1) is 19.6 Å². The van der Waals surface area contributed by atoms with Gasteiger partial charge in [-0.1, -0.05) is 24.3 Å². The lowest BCUT2D eigenvalue weighted by molar-refractivity contribution is -0.140. The summed E-state index contributed by atoms with van der Waals surface area (Å²) in [5.41, 5.74) is 0.907. The lowest BCUT2D eigenvalue weighted by Gasteiger charge is -2.28. The van der Waals surface area contributed by atoms with Crippen LogP contribution in [0.25, 0.3) is 11.1 Å². The van der Waals surface area contributed by atoms with E-state index in [1.165, 1.54) is 25.3 Å². The third kappa shape index (κ3) is 5.80. The van der Waals surface area contributed by atoms with Gasteiger partial charge in [-0.2, -0.15) is 4.39 Å². The molecule has 8 heteroatoms. The summed E-state index contributed by atoms with van der Waals surface area (Å²) in [6.45, 7) is 2.16. The topological polar surface area (TPSA) is 44.8 Å². The maximum atomic E-state index is 14.8. The highest BCUT2D eigenvalue weighted by Gasteiger charge is 2.31. The van der Waals surface area contributed by atoms with Crippen molar-refractivity contribution in [2.24, 2.45) is 5.92 Å². The fourth-order valence-corrected chi connectivity index (χ4v) is 4.68. The Hall–Kier alpha value is -3.39. The molecule has 0 unspecified atom stereocenters. The molecular formula is C29H28F4O4. The van der Waals surface area contributed by atoms with Crippen molar-refractivity contribution in [3.63, 3.8) is 0 Å². The first-order chi connectivity index (χ1) is 17.8. The molecule has 0 bridgehead atoms. The number of halogens is 4. The Labute approximate surface area is 213 Å². The minimum absolute atomic E-state index is 0.00363. The zero-order valence-electron chi connectivity index (χ0n) is 20.7. The summed E-state index contributed by atoms with van der Waals surface area (Å²) in [5, 5.41) is 0. The largest absolute Gasteiger partial charge is 0.497 e. The highest BCUT2D eigenvalue weighted by molar-refractivity contribution is 5.76. The summed E-state index contributed by atoms with van der Waals surface area (Å²) in [5.74, 6) is -5.56. The van der Waals surface area contributed by atoms with E-state index in [9.17, 15) is 22.4 Å². The summed E-state index contributed by atoms with van der Waals surface area (Å²) in [7, 11) is 1.50. The van der Waals surface area contributed by atoms with Crippen LogP contribution < -0.4 is 9.47 Å². The Kier molecular flexibility index (Phi) is 8.48. The van der Waals surface area contributed by atoms with E-state index < -0.39 is 40.9 Å². The highest BCUT2D eigenvalue weighted by atomic mass is 19.2. The van der Waals surface area contributed by atoms with Crippen molar-refractivity contribution in [1.82, 2.24) is 0 Å². The predicted molar refractivity (Wildman–Crippen MR) is 130 cm³/mol. The van der Waals surface area contributed by atoms with Gasteiger partial charge in [0.25, 0.3) is 0 Å². The number of carbonyl (C=O) groups is 1. The van der Waals surface area contributed by atoms with Crippen LogP contribution in [0.4, 0.5) is 17.6 Å². The van der Waals surface area contributed by atoms with Gasteiger partial charge in [0.1, 0.15) is 5.75 Å². The fraction of sp³-hybridized carbons (Fsp3) is 0.345. The normalized spacial score (nSPS) is 17.5. The summed E-state index contributed by atoms with van der Waals surface area (Å²) in [6, 6.07) is 12.1. The smallest absolute Gasteiger partial charge is 0.314 e. The maximum absolute atomic E-state index is 14.8. The molecule has 1 fully saturated rings. The van der Waals surface area contributed by atoms with Crippen LogP contribution in [0.1, 0.15) is 49.7 Å². The lowest BCUT2D eigenvalue weighted by atomic mass is 9.78. The van der Waals surface area contributed by atoms with Gasteiger partial charge in [0.15, 0.2) is 23.2 Å². The van der Waals surface area contributed by atoms with E-state index in [0.29, 0.717) is 43.6 Å². The molecule has 0 aromatic heterocycles. The fourth-order valence-electron chi connectivity index (χ4n) is 4.68. The van der Waals surface area contributed by atoms with Crippen LogP contribution in [0.2, 0.25) is 0 Å². The maximum Gasteiger partial charge on any atom is 0.314 e. The number of benzene rings is 3. The molecule has 37 heavy (non-hydrogen) atoms. The third-order valence-electron chi connectivity index (χ3n) is 6.81. The molecule has 0 atom stereocenters. The van der Waals surface area contributed by atoms with E-state index in [0.717, 1.165) is 0 Å². The molecule has 1 aliphatic carbocycles. The Morgan fingerprint density at radius 3 is 2.19 bits per heavy atom. The number of ether oxygens (including phenoxy) is 3. The molecule has 3 aromatic carbocycles. The van der Waals surface area contributed by atoms with Crippen LogP contribution in [-0.4, -0.2) is 19.7 Å². The van der Waals surface area contributed by atoms with Gasteiger partial charge in [-0.15, -0.1) is 0 Å².